The maximum atomic E-state index is 9.56. The molecule has 0 amide bonds. The number of aromatic hydroxyl groups is 1. The first kappa shape index (κ1) is 8.13. The molecule has 1 heterocycles. The lowest BCUT2D eigenvalue weighted by Crippen LogP contribution is -1.83. The molecule has 0 saturated carbocycles. The molecule has 0 spiro atoms. The van der Waals surface area contributed by atoms with Crippen LogP contribution in [0.15, 0.2) is 24.4 Å². The Morgan fingerprint density at radius 1 is 1.38 bits per heavy atom. The molecule has 13 heavy (non-hydrogen) atoms. The molecule has 3 nitrogen and oxygen atoms in total. The predicted molar refractivity (Wildman–Crippen MR) is 50.5 cm³/mol. The smallest absolute Gasteiger partial charge is 0.139 e. The highest BCUT2D eigenvalue weighted by atomic mass is 16.3. The van der Waals surface area contributed by atoms with Crippen molar-refractivity contribution >= 4 is 10.9 Å². The summed E-state index contributed by atoms with van der Waals surface area (Å²) in [5.41, 5.74) is 1.61. The van der Waals surface area contributed by atoms with E-state index >= 15 is 0 Å². The second-order valence-electron chi connectivity index (χ2n) is 3.10. The molecule has 0 atom stereocenters. The van der Waals surface area contributed by atoms with Crippen LogP contribution in [0.2, 0.25) is 0 Å². The third-order valence-corrected chi connectivity index (χ3v) is 2.23. The second-order valence-corrected chi connectivity index (χ2v) is 3.10. The zero-order chi connectivity index (χ0) is 9.42. The number of hydrogen-bond acceptors (Lipinski definition) is 2. The van der Waals surface area contributed by atoms with Crippen LogP contribution in [-0.4, -0.2) is 14.8 Å². The topological polar surface area (TPSA) is 45.4 Å². The highest BCUT2D eigenvalue weighted by Crippen LogP contribution is 2.27. The van der Waals surface area contributed by atoms with Crippen molar-refractivity contribution in [2.24, 2.45) is 7.05 Å². The summed E-state index contributed by atoms with van der Waals surface area (Å²) in [6.45, 7) is 0.000787. The Morgan fingerprint density at radius 3 is 2.85 bits per heavy atom. The van der Waals surface area contributed by atoms with Gasteiger partial charge in [-0.3, -0.25) is 0 Å². The van der Waals surface area contributed by atoms with Gasteiger partial charge in [0.1, 0.15) is 5.75 Å². The van der Waals surface area contributed by atoms with Gasteiger partial charge in [-0.15, -0.1) is 0 Å². The van der Waals surface area contributed by atoms with E-state index in [0.29, 0.717) is 0 Å². The third-order valence-electron chi connectivity index (χ3n) is 2.23. The molecule has 0 unspecified atom stereocenters. The van der Waals surface area contributed by atoms with Crippen molar-refractivity contribution in [3.05, 3.63) is 30.0 Å². The van der Waals surface area contributed by atoms with Gasteiger partial charge in [0.05, 0.1) is 12.1 Å². The van der Waals surface area contributed by atoms with Crippen LogP contribution in [0, 0.1) is 0 Å². The summed E-state index contributed by atoms with van der Waals surface area (Å²) in [4.78, 5) is 0. The zero-order valence-electron chi connectivity index (χ0n) is 7.36. The summed E-state index contributed by atoms with van der Waals surface area (Å²) in [5, 5.41) is 19.5. The number of hydrogen-bond donors (Lipinski definition) is 2. The summed E-state index contributed by atoms with van der Waals surface area (Å²) in [6.07, 6.45) is 1.82. The van der Waals surface area contributed by atoms with Gasteiger partial charge in [0.25, 0.3) is 0 Å². The molecule has 0 aliphatic rings. The second kappa shape index (κ2) is 2.78. The molecule has 0 bridgehead atoms. The lowest BCUT2D eigenvalue weighted by Gasteiger charge is -1.98. The number of phenols is 1. The predicted octanol–water partition coefficient (Wildman–Crippen LogP) is 1.38. The van der Waals surface area contributed by atoms with E-state index in [1.54, 1.807) is 12.1 Å². The van der Waals surface area contributed by atoms with Gasteiger partial charge in [-0.2, -0.15) is 0 Å². The molecule has 0 aliphatic heterocycles. The fourth-order valence-electron chi connectivity index (χ4n) is 1.65. The average molecular weight is 177 g/mol. The molecule has 0 aliphatic carbocycles. The van der Waals surface area contributed by atoms with Gasteiger partial charge in [-0.25, -0.2) is 0 Å². The van der Waals surface area contributed by atoms with Gasteiger partial charge in [-0.05, 0) is 6.07 Å². The van der Waals surface area contributed by atoms with Crippen LogP contribution in [0.5, 0.6) is 5.75 Å². The summed E-state index contributed by atoms with van der Waals surface area (Å²) in [7, 11) is 1.85. The van der Waals surface area contributed by atoms with E-state index in [1.807, 2.05) is 23.9 Å². The first-order chi connectivity index (χ1) is 6.24. The molecule has 1 aromatic heterocycles. The number of phenolic OH excluding ortho intramolecular Hbond substituents is 1. The minimum absolute atomic E-state index is 0.000787. The van der Waals surface area contributed by atoms with Crippen LogP contribution in [0.4, 0.5) is 0 Å². The van der Waals surface area contributed by atoms with Crippen molar-refractivity contribution in [3.8, 4) is 5.75 Å². The number of para-hydroxylation sites is 1. The Balaban J connectivity index is 2.87. The van der Waals surface area contributed by atoms with Crippen molar-refractivity contribution in [1.82, 2.24) is 4.57 Å². The van der Waals surface area contributed by atoms with E-state index in [1.165, 1.54) is 0 Å². The molecule has 2 N–H and O–H groups in total. The van der Waals surface area contributed by atoms with Gasteiger partial charge in [0.15, 0.2) is 0 Å². The van der Waals surface area contributed by atoms with Crippen LogP contribution in [0.3, 0.4) is 0 Å². The number of nitrogens with zero attached hydrogens (tertiary/aromatic N) is 1. The van der Waals surface area contributed by atoms with Crippen molar-refractivity contribution in [2.75, 3.05) is 0 Å². The Kier molecular flexibility index (Phi) is 1.74. The van der Waals surface area contributed by atoms with Crippen LogP contribution in [-0.2, 0) is 13.7 Å². The Labute approximate surface area is 75.9 Å². The Hall–Kier alpha value is -1.48. The maximum Gasteiger partial charge on any atom is 0.139 e. The van der Waals surface area contributed by atoms with E-state index in [0.717, 1.165) is 16.5 Å². The molecular formula is C10H11NO2. The van der Waals surface area contributed by atoms with E-state index in [9.17, 15) is 5.11 Å². The minimum Gasteiger partial charge on any atom is -0.506 e. The number of rotatable bonds is 1. The molecule has 2 rings (SSSR count). The fraction of sp³-hybridized carbons (Fsp3) is 0.200. The highest BCUT2D eigenvalue weighted by Gasteiger charge is 2.07. The molecule has 2 aromatic rings. The van der Waals surface area contributed by atoms with Crippen LogP contribution in [0.1, 0.15) is 5.56 Å². The summed E-state index contributed by atoms with van der Waals surface area (Å²) >= 11 is 0. The molecule has 0 saturated heterocycles. The van der Waals surface area contributed by atoms with E-state index in [4.69, 9.17) is 5.11 Å². The highest BCUT2D eigenvalue weighted by molar-refractivity contribution is 5.88. The normalized spacial score (nSPS) is 10.9. The lowest BCUT2D eigenvalue weighted by molar-refractivity contribution is 0.283. The van der Waals surface area contributed by atoms with Gasteiger partial charge in [-0.1, -0.05) is 12.1 Å². The van der Waals surface area contributed by atoms with Crippen molar-refractivity contribution in [3.63, 3.8) is 0 Å². The number of fused-ring (bicyclic) bond motifs is 1. The van der Waals surface area contributed by atoms with E-state index in [-0.39, 0.29) is 12.4 Å². The standard InChI is InChI=1S/C10H11NO2/c1-11-5-7(6-12)8-3-2-4-9(13)10(8)11/h2-5,12-13H,6H2,1H3. The maximum absolute atomic E-state index is 9.56. The SMILES string of the molecule is Cn1cc(CO)c2cccc(O)c21. The summed E-state index contributed by atoms with van der Waals surface area (Å²) < 4.78 is 1.82. The third kappa shape index (κ3) is 1.09. The van der Waals surface area contributed by atoms with Crippen LogP contribution in [0.25, 0.3) is 10.9 Å². The quantitative estimate of drug-likeness (QED) is 0.691. The number of benzene rings is 1. The minimum atomic E-state index is 0.000787. The molecular weight excluding hydrogens is 166 g/mol. The van der Waals surface area contributed by atoms with Crippen molar-refractivity contribution in [1.29, 1.82) is 0 Å². The van der Waals surface area contributed by atoms with Crippen LogP contribution >= 0.6 is 0 Å². The number of aromatic nitrogens is 1. The molecule has 0 radical (unpaired) electrons. The number of aryl methyl sites for hydroxylation is 1. The summed E-state index contributed by atoms with van der Waals surface area (Å²) in [6, 6.07) is 5.31. The van der Waals surface area contributed by atoms with E-state index < -0.39 is 0 Å². The lowest BCUT2D eigenvalue weighted by atomic mass is 10.2. The molecule has 0 fully saturated rings. The van der Waals surface area contributed by atoms with Gasteiger partial charge < -0.3 is 14.8 Å². The number of aliphatic hydroxyl groups excluding tert-OH is 1. The van der Waals surface area contributed by atoms with Gasteiger partial charge in [0.2, 0.25) is 0 Å². The van der Waals surface area contributed by atoms with Crippen molar-refractivity contribution < 1.29 is 10.2 Å². The first-order valence-corrected chi connectivity index (χ1v) is 4.11. The molecule has 68 valence electrons. The van der Waals surface area contributed by atoms with Gasteiger partial charge >= 0.3 is 0 Å². The fourth-order valence-corrected chi connectivity index (χ4v) is 1.65. The largest absolute Gasteiger partial charge is 0.506 e. The molecule has 3 heteroatoms. The van der Waals surface area contributed by atoms with Crippen molar-refractivity contribution in [2.45, 2.75) is 6.61 Å². The van der Waals surface area contributed by atoms with Gasteiger partial charge in [0, 0.05) is 24.2 Å². The monoisotopic (exact) mass is 177 g/mol. The Bertz CT molecular complexity index is 445. The zero-order valence-corrected chi connectivity index (χ0v) is 7.36. The average Bonchev–Trinajstić information content (AvgIpc) is 2.44. The first-order valence-electron chi connectivity index (χ1n) is 4.11. The van der Waals surface area contributed by atoms with E-state index in [2.05, 4.69) is 0 Å². The summed E-state index contributed by atoms with van der Waals surface area (Å²) in [5.74, 6) is 0.250. The number of aliphatic hydroxyl groups is 1. The Morgan fingerprint density at radius 2 is 2.15 bits per heavy atom. The molecule has 1 aromatic carbocycles. The van der Waals surface area contributed by atoms with Crippen LogP contribution < -0.4 is 0 Å².